The average Bonchev–Trinajstić information content (AvgIpc) is 3.20. The number of nitrogens with zero attached hydrogens (tertiary/aromatic N) is 3. The number of hydrogen-bond acceptors (Lipinski definition) is 8. The van der Waals surface area contributed by atoms with Crippen molar-refractivity contribution in [3.63, 3.8) is 0 Å². The van der Waals surface area contributed by atoms with E-state index in [4.69, 9.17) is 4.74 Å². The first-order valence-electron chi connectivity index (χ1n) is 8.62. The van der Waals surface area contributed by atoms with Crippen LogP contribution in [0.2, 0.25) is 0 Å². The minimum atomic E-state index is -1.21. The third-order valence-corrected chi connectivity index (χ3v) is 5.06. The Hall–Kier alpha value is -1.88. The highest BCUT2D eigenvalue weighted by Crippen LogP contribution is 2.32. The minimum absolute atomic E-state index is 0.0999. The number of hydrogen-bond donors (Lipinski definition) is 5. The number of imidazole rings is 1. The second kappa shape index (κ2) is 6.45. The fourth-order valence-electron chi connectivity index (χ4n) is 3.64. The van der Waals surface area contributed by atoms with Crippen LogP contribution in [-0.2, 0) is 4.74 Å². The topological polar surface area (TPSA) is 134 Å². The minimum Gasteiger partial charge on any atom is -0.394 e. The van der Waals surface area contributed by atoms with Crippen LogP contribution in [0.1, 0.15) is 29.8 Å². The maximum Gasteiger partial charge on any atom is 0.273 e. The van der Waals surface area contributed by atoms with Crippen molar-refractivity contribution >= 4 is 17.7 Å². The first-order valence-corrected chi connectivity index (χ1v) is 8.62. The van der Waals surface area contributed by atoms with E-state index in [0.29, 0.717) is 17.5 Å². The number of carbonyl (C=O) groups is 1. The van der Waals surface area contributed by atoms with E-state index in [9.17, 15) is 20.1 Å². The van der Waals surface area contributed by atoms with Crippen LogP contribution in [0, 0.1) is 0 Å². The molecule has 4 rings (SSSR count). The van der Waals surface area contributed by atoms with Gasteiger partial charge in [-0.05, 0) is 19.3 Å². The van der Waals surface area contributed by atoms with Crippen LogP contribution in [0.15, 0.2) is 0 Å². The lowest BCUT2D eigenvalue weighted by atomic mass is 10.1. The van der Waals surface area contributed by atoms with Gasteiger partial charge in [0.1, 0.15) is 18.3 Å². The van der Waals surface area contributed by atoms with Gasteiger partial charge in [-0.25, -0.2) is 0 Å². The van der Waals surface area contributed by atoms with Crippen molar-refractivity contribution in [3.8, 4) is 0 Å². The van der Waals surface area contributed by atoms with Crippen LogP contribution < -0.4 is 15.1 Å². The predicted octanol–water partition coefficient (Wildman–Crippen LogP) is -1.65. The Morgan fingerprint density at radius 3 is 2.64 bits per heavy atom. The number of carbonyl (C=O) groups excluding carboxylic acids is 1. The Morgan fingerprint density at radius 2 is 1.96 bits per heavy atom. The molecule has 3 aliphatic heterocycles. The molecule has 10 heteroatoms. The molecule has 2 fully saturated rings. The number of rotatable bonds is 3. The fourth-order valence-corrected chi connectivity index (χ4v) is 3.64. The highest BCUT2D eigenvalue weighted by Gasteiger charge is 2.47. The number of piperidine rings is 1. The Kier molecular flexibility index (Phi) is 4.28. The molecule has 25 heavy (non-hydrogen) atoms. The Balaban J connectivity index is 1.63. The number of aliphatic hydroxyl groups is 3. The van der Waals surface area contributed by atoms with Crippen LogP contribution in [0.25, 0.3) is 0 Å². The summed E-state index contributed by atoms with van der Waals surface area (Å²) in [7, 11) is 0. The summed E-state index contributed by atoms with van der Waals surface area (Å²) in [5.74, 6) is 0.742. The van der Waals surface area contributed by atoms with E-state index in [1.165, 1.54) is 6.42 Å². The molecule has 0 radical (unpaired) electrons. The van der Waals surface area contributed by atoms with Crippen molar-refractivity contribution in [2.24, 2.45) is 0 Å². The van der Waals surface area contributed by atoms with E-state index in [0.717, 1.165) is 25.9 Å². The zero-order valence-electron chi connectivity index (χ0n) is 13.8. The molecule has 0 unspecified atom stereocenters. The molecule has 0 saturated carbocycles. The van der Waals surface area contributed by atoms with Gasteiger partial charge in [0.25, 0.3) is 5.91 Å². The molecule has 3 aliphatic rings. The number of aliphatic hydroxyl groups excluding tert-OH is 3. The summed E-state index contributed by atoms with van der Waals surface area (Å²) in [6.45, 7) is 1.45. The monoisotopic (exact) mass is 353 g/mol. The Labute approximate surface area is 144 Å². The first-order chi connectivity index (χ1) is 12.1. The normalized spacial score (nSPS) is 32.7. The Morgan fingerprint density at radius 1 is 1.20 bits per heavy atom. The van der Waals surface area contributed by atoms with Gasteiger partial charge in [0.15, 0.2) is 17.7 Å². The second-order valence-corrected chi connectivity index (χ2v) is 6.67. The summed E-state index contributed by atoms with van der Waals surface area (Å²) in [6, 6.07) is 0. The van der Waals surface area contributed by atoms with Gasteiger partial charge in [0.05, 0.1) is 13.3 Å². The summed E-state index contributed by atoms with van der Waals surface area (Å²) in [4.78, 5) is 23.5. The molecule has 10 nitrogen and oxygen atoms in total. The Bertz CT molecular complexity index is 646. The molecular formula is C15H23N5O5. The van der Waals surface area contributed by atoms with Gasteiger partial charge in [-0.2, -0.15) is 4.98 Å². The number of fused-ring (bicyclic) bond motifs is 1. The lowest BCUT2D eigenvalue weighted by Gasteiger charge is -2.33. The third kappa shape index (κ3) is 2.74. The molecule has 5 N–H and O–H groups in total. The largest absolute Gasteiger partial charge is 0.394 e. The molecule has 4 atom stereocenters. The SMILES string of the molecule is O=C1NCN([C@@H]2O[C@H](CO)[C@@H](O)[C@H]2O)c2nc(N3CCCCC3)[nH]c21. The molecular weight excluding hydrogens is 330 g/mol. The van der Waals surface area contributed by atoms with Crippen molar-refractivity contribution in [1.82, 2.24) is 15.3 Å². The van der Waals surface area contributed by atoms with Crippen molar-refractivity contribution in [3.05, 3.63) is 5.69 Å². The van der Waals surface area contributed by atoms with Crippen molar-refractivity contribution in [2.75, 3.05) is 36.2 Å². The quantitative estimate of drug-likeness (QED) is 0.436. The van der Waals surface area contributed by atoms with E-state index in [-0.39, 0.29) is 12.6 Å². The third-order valence-electron chi connectivity index (χ3n) is 5.06. The standard InChI is InChI=1S/C15H23N5O5/c21-6-8-10(22)11(23)14(25-8)20-7-16-13(24)9-12(20)18-15(17-9)19-4-2-1-3-5-19/h8,10-11,14,21-23H,1-7H2,(H,16,24)(H,17,18)/t8-,10-,11-,14-/m1/s1. The lowest BCUT2D eigenvalue weighted by Crippen LogP contribution is -2.52. The van der Waals surface area contributed by atoms with Crippen LogP contribution >= 0.6 is 0 Å². The number of H-pyrrole nitrogens is 1. The molecule has 4 heterocycles. The van der Waals surface area contributed by atoms with Crippen LogP contribution in [0.4, 0.5) is 11.8 Å². The van der Waals surface area contributed by atoms with Crippen molar-refractivity contribution < 1.29 is 24.9 Å². The summed E-state index contributed by atoms with van der Waals surface area (Å²) in [5.41, 5.74) is 0.310. The van der Waals surface area contributed by atoms with Crippen LogP contribution in [0.3, 0.4) is 0 Å². The fraction of sp³-hybridized carbons (Fsp3) is 0.733. The molecule has 0 bridgehead atoms. The van der Waals surface area contributed by atoms with E-state index in [1.807, 2.05) is 0 Å². The first kappa shape index (κ1) is 16.6. The van der Waals surface area contributed by atoms with E-state index < -0.39 is 31.1 Å². The smallest absolute Gasteiger partial charge is 0.273 e. The maximum absolute atomic E-state index is 12.2. The average molecular weight is 353 g/mol. The van der Waals surface area contributed by atoms with Gasteiger partial charge in [0, 0.05) is 13.1 Å². The number of aromatic nitrogens is 2. The lowest BCUT2D eigenvalue weighted by molar-refractivity contribution is -0.0232. The number of amides is 1. The zero-order chi connectivity index (χ0) is 17.6. The summed E-state index contributed by atoms with van der Waals surface area (Å²) < 4.78 is 5.58. The number of nitrogens with one attached hydrogen (secondary N) is 2. The van der Waals surface area contributed by atoms with Gasteiger partial charge in [-0.3, -0.25) is 4.79 Å². The number of anilines is 2. The molecule has 0 aromatic carbocycles. The summed E-state index contributed by atoms with van der Waals surface area (Å²) in [5, 5.41) is 32.2. The molecule has 0 aliphatic carbocycles. The highest BCUT2D eigenvalue weighted by molar-refractivity contribution is 5.99. The summed E-state index contributed by atoms with van der Waals surface area (Å²) in [6.07, 6.45) is -0.838. The van der Waals surface area contributed by atoms with Gasteiger partial charge in [-0.15, -0.1) is 0 Å². The van der Waals surface area contributed by atoms with Crippen LogP contribution in [0.5, 0.6) is 0 Å². The highest BCUT2D eigenvalue weighted by atomic mass is 16.6. The van der Waals surface area contributed by atoms with Crippen molar-refractivity contribution in [1.29, 1.82) is 0 Å². The van der Waals surface area contributed by atoms with E-state index in [1.54, 1.807) is 4.90 Å². The van der Waals surface area contributed by atoms with Crippen LogP contribution in [-0.4, -0.2) is 82.1 Å². The molecule has 138 valence electrons. The molecule has 1 aromatic heterocycles. The number of aromatic amines is 1. The van der Waals surface area contributed by atoms with Gasteiger partial charge in [0.2, 0.25) is 5.95 Å². The van der Waals surface area contributed by atoms with E-state index >= 15 is 0 Å². The molecule has 1 aromatic rings. The molecule has 0 spiro atoms. The number of ether oxygens (including phenoxy) is 1. The van der Waals surface area contributed by atoms with Gasteiger partial charge < -0.3 is 40.2 Å². The van der Waals surface area contributed by atoms with Gasteiger partial charge in [-0.1, -0.05) is 0 Å². The molecule has 2 saturated heterocycles. The zero-order valence-corrected chi connectivity index (χ0v) is 13.8. The molecule has 1 amide bonds. The second-order valence-electron chi connectivity index (χ2n) is 6.67. The summed E-state index contributed by atoms with van der Waals surface area (Å²) >= 11 is 0. The van der Waals surface area contributed by atoms with Gasteiger partial charge >= 0.3 is 0 Å². The van der Waals surface area contributed by atoms with E-state index in [2.05, 4.69) is 20.2 Å². The maximum atomic E-state index is 12.2. The van der Waals surface area contributed by atoms with Crippen molar-refractivity contribution in [2.45, 2.75) is 43.8 Å². The predicted molar refractivity (Wildman–Crippen MR) is 87.2 cm³/mol.